The molecule has 0 unspecified atom stereocenters. The summed E-state index contributed by atoms with van der Waals surface area (Å²) in [7, 11) is 0. The highest BCUT2D eigenvalue weighted by Gasteiger charge is 2.26. The van der Waals surface area contributed by atoms with Crippen molar-refractivity contribution in [3.05, 3.63) is 70.8 Å². The molecular weight excluding hydrogens is 368 g/mol. The van der Waals surface area contributed by atoms with Gasteiger partial charge in [0.15, 0.2) is 0 Å². The van der Waals surface area contributed by atoms with Gasteiger partial charge < -0.3 is 10.2 Å². The van der Waals surface area contributed by atoms with Gasteiger partial charge in [-0.15, -0.1) is 11.8 Å². The molecule has 0 aliphatic rings. The van der Waals surface area contributed by atoms with Gasteiger partial charge in [0.25, 0.3) is 0 Å². The molecule has 0 saturated carbocycles. The van der Waals surface area contributed by atoms with E-state index in [9.17, 15) is 9.59 Å². The highest BCUT2D eigenvalue weighted by molar-refractivity contribution is 7.99. The maximum atomic E-state index is 13.0. The molecular formula is C23H30N2O2S. The number of amides is 2. The molecule has 28 heavy (non-hydrogen) atoms. The Morgan fingerprint density at radius 3 is 2.14 bits per heavy atom. The van der Waals surface area contributed by atoms with Crippen LogP contribution in [0.15, 0.2) is 48.5 Å². The lowest BCUT2D eigenvalue weighted by atomic mass is 10.1. The number of aryl methyl sites for hydroxylation is 2. The minimum atomic E-state index is -0.508. The van der Waals surface area contributed by atoms with Crippen LogP contribution < -0.4 is 5.32 Å². The van der Waals surface area contributed by atoms with Crippen molar-refractivity contribution >= 4 is 23.6 Å². The van der Waals surface area contributed by atoms with Gasteiger partial charge >= 0.3 is 0 Å². The van der Waals surface area contributed by atoms with Crippen LogP contribution in [0.3, 0.4) is 0 Å². The van der Waals surface area contributed by atoms with E-state index in [2.05, 4.69) is 24.4 Å². The molecule has 0 spiro atoms. The monoisotopic (exact) mass is 398 g/mol. The second kappa shape index (κ2) is 10.9. The van der Waals surface area contributed by atoms with Crippen molar-refractivity contribution in [1.82, 2.24) is 10.2 Å². The zero-order chi connectivity index (χ0) is 20.5. The first-order chi connectivity index (χ1) is 13.4. The van der Waals surface area contributed by atoms with Crippen molar-refractivity contribution in [2.45, 2.75) is 46.0 Å². The van der Waals surface area contributed by atoms with Crippen LogP contribution in [0.5, 0.6) is 0 Å². The minimum Gasteiger partial charge on any atom is -0.355 e. The van der Waals surface area contributed by atoms with Gasteiger partial charge in [-0.1, -0.05) is 48.5 Å². The predicted octanol–water partition coefficient (Wildman–Crippen LogP) is 4.09. The third kappa shape index (κ3) is 6.13. The molecule has 5 heteroatoms. The molecule has 0 aromatic heterocycles. The zero-order valence-corrected chi connectivity index (χ0v) is 18.0. The molecule has 4 nitrogen and oxygen atoms in total. The molecule has 0 radical (unpaired) electrons. The highest BCUT2D eigenvalue weighted by atomic mass is 32.2. The molecule has 1 N–H and O–H groups in total. The smallest absolute Gasteiger partial charge is 0.242 e. The van der Waals surface area contributed by atoms with Crippen LogP contribution in [-0.4, -0.2) is 35.1 Å². The number of hydrogen-bond donors (Lipinski definition) is 1. The molecule has 0 saturated heterocycles. The normalized spacial score (nSPS) is 11.7. The Balaban J connectivity index is 2.08. The first kappa shape index (κ1) is 22.0. The average Bonchev–Trinajstić information content (AvgIpc) is 2.68. The summed E-state index contributed by atoms with van der Waals surface area (Å²) in [6, 6.07) is 15.7. The van der Waals surface area contributed by atoms with Crippen LogP contribution >= 0.6 is 11.8 Å². The first-order valence-electron chi connectivity index (χ1n) is 9.68. The fourth-order valence-corrected chi connectivity index (χ4v) is 3.97. The summed E-state index contributed by atoms with van der Waals surface area (Å²) >= 11 is 1.59. The van der Waals surface area contributed by atoms with E-state index in [1.54, 1.807) is 23.6 Å². The molecule has 0 fully saturated rings. The summed E-state index contributed by atoms with van der Waals surface area (Å²) in [5.74, 6) is 1.00. The van der Waals surface area contributed by atoms with Crippen LogP contribution in [0.4, 0.5) is 0 Å². The zero-order valence-electron chi connectivity index (χ0n) is 17.2. The van der Waals surface area contributed by atoms with Crippen molar-refractivity contribution in [3.8, 4) is 0 Å². The molecule has 0 heterocycles. The Kier molecular flexibility index (Phi) is 8.58. The number of thioether (sulfide) groups is 1. The van der Waals surface area contributed by atoms with Crippen LogP contribution in [0.1, 0.15) is 36.1 Å². The van der Waals surface area contributed by atoms with Gasteiger partial charge in [-0.2, -0.15) is 0 Å². The molecule has 2 aromatic rings. The number of nitrogens with zero attached hydrogens (tertiary/aromatic N) is 1. The largest absolute Gasteiger partial charge is 0.355 e. The lowest BCUT2D eigenvalue weighted by molar-refractivity contribution is -0.138. The summed E-state index contributed by atoms with van der Waals surface area (Å²) in [5, 5.41) is 2.83. The molecule has 0 bridgehead atoms. The van der Waals surface area contributed by atoms with Gasteiger partial charge in [0, 0.05) is 18.8 Å². The van der Waals surface area contributed by atoms with E-state index in [1.807, 2.05) is 50.2 Å². The van der Waals surface area contributed by atoms with E-state index in [-0.39, 0.29) is 11.8 Å². The minimum absolute atomic E-state index is 0.0133. The SMILES string of the molecule is CCNC(=O)[C@H](C)N(Cc1ccccc1C)C(=O)CSCc1ccccc1C. The second-order valence-electron chi connectivity index (χ2n) is 6.94. The number of likely N-dealkylation sites (N-methyl/N-ethyl adjacent to an activating group) is 1. The lowest BCUT2D eigenvalue weighted by Gasteiger charge is -2.29. The predicted molar refractivity (Wildman–Crippen MR) is 117 cm³/mol. The molecule has 2 aromatic carbocycles. The fraction of sp³-hybridized carbons (Fsp3) is 0.391. The van der Waals surface area contributed by atoms with Crippen molar-refractivity contribution in [2.24, 2.45) is 0 Å². The highest BCUT2D eigenvalue weighted by Crippen LogP contribution is 2.19. The quantitative estimate of drug-likeness (QED) is 0.692. The molecule has 0 aliphatic carbocycles. The van der Waals surface area contributed by atoms with Gasteiger partial charge in [0.2, 0.25) is 11.8 Å². The molecule has 2 amide bonds. The van der Waals surface area contributed by atoms with Gasteiger partial charge in [-0.3, -0.25) is 9.59 Å². The van der Waals surface area contributed by atoms with E-state index in [1.165, 1.54) is 11.1 Å². The lowest BCUT2D eigenvalue weighted by Crippen LogP contribution is -2.48. The Labute approximate surface area is 172 Å². The van der Waals surface area contributed by atoms with Crippen molar-refractivity contribution in [2.75, 3.05) is 12.3 Å². The van der Waals surface area contributed by atoms with E-state index >= 15 is 0 Å². The molecule has 0 aliphatic heterocycles. The third-order valence-electron chi connectivity index (χ3n) is 4.86. The summed E-state index contributed by atoms with van der Waals surface area (Å²) in [5.41, 5.74) is 4.66. The Hall–Kier alpha value is -2.27. The van der Waals surface area contributed by atoms with Crippen molar-refractivity contribution in [1.29, 1.82) is 0 Å². The second-order valence-corrected chi connectivity index (χ2v) is 7.92. The van der Waals surface area contributed by atoms with Crippen molar-refractivity contribution < 1.29 is 9.59 Å². The van der Waals surface area contributed by atoms with Crippen LogP contribution in [0.25, 0.3) is 0 Å². The summed E-state index contributed by atoms with van der Waals surface area (Å²) in [4.78, 5) is 27.1. The number of benzene rings is 2. The van der Waals surface area contributed by atoms with E-state index in [0.717, 1.165) is 16.9 Å². The Morgan fingerprint density at radius 1 is 1.00 bits per heavy atom. The van der Waals surface area contributed by atoms with Crippen LogP contribution in [0, 0.1) is 13.8 Å². The number of nitrogens with one attached hydrogen (secondary N) is 1. The van der Waals surface area contributed by atoms with Gasteiger partial charge in [-0.05, 0) is 49.9 Å². The third-order valence-corrected chi connectivity index (χ3v) is 5.83. The maximum absolute atomic E-state index is 13.0. The average molecular weight is 399 g/mol. The van der Waals surface area contributed by atoms with Gasteiger partial charge in [-0.25, -0.2) is 0 Å². The Bertz CT molecular complexity index is 807. The van der Waals surface area contributed by atoms with Crippen molar-refractivity contribution in [3.63, 3.8) is 0 Å². The van der Waals surface area contributed by atoms with E-state index in [4.69, 9.17) is 0 Å². The standard InChI is InChI=1S/C23H30N2O2S/c1-5-24-23(27)19(4)25(14-20-12-8-6-10-17(20)2)22(26)16-28-15-21-13-9-7-11-18(21)3/h6-13,19H,5,14-16H2,1-4H3,(H,24,27)/t19-/m0/s1. The molecule has 150 valence electrons. The fourth-order valence-electron chi connectivity index (χ4n) is 2.98. The number of carbonyl (C=O) groups is 2. The van der Waals surface area contributed by atoms with Crippen LogP contribution in [-0.2, 0) is 21.9 Å². The van der Waals surface area contributed by atoms with Gasteiger partial charge in [0.1, 0.15) is 6.04 Å². The van der Waals surface area contributed by atoms with Gasteiger partial charge in [0.05, 0.1) is 5.75 Å². The molecule has 2 rings (SSSR count). The van der Waals surface area contributed by atoms with E-state index < -0.39 is 6.04 Å². The van der Waals surface area contributed by atoms with Crippen LogP contribution in [0.2, 0.25) is 0 Å². The first-order valence-corrected chi connectivity index (χ1v) is 10.8. The summed E-state index contributed by atoms with van der Waals surface area (Å²) in [6.07, 6.45) is 0. The number of hydrogen-bond acceptors (Lipinski definition) is 3. The summed E-state index contributed by atoms with van der Waals surface area (Å²) < 4.78 is 0. The summed E-state index contributed by atoms with van der Waals surface area (Å²) in [6.45, 7) is 8.79. The van der Waals surface area contributed by atoms with E-state index in [0.29, 0.717) is 18.8 Å². The number of rotatable bonds is 9. The molecule has 1 atom stereocenters. The Morgan fingerprint density at radius 2 is 1.57 bits per heavy atom. The maximum Gasteiger partial charge on any atom is 0.242 e. The number of carbonyl (C=O) groups excluding carboxylic acids is 2. The topological polar surface area (TPSA) is 49.4 Å².